The molecule has 4 aliphatic rings. The highest BCUT2D eigenvalue weighted by atomic mass is 15.2. The van der Waals surface area contributed by atoms with Crippen molar-refractivity contribution >= 4 is 79.0 Å². The van der Waals surface area contributed by atoms with E-state index < -0.39 is 10.8 Å². The van der Waals surface area contributed by atoms with Crippen LogP contribution in [-0.2, 0) is 10.8 Å². The average molecular weight is 1500 g/mol. The van der Waals surface area contributed by atoms with E-state index in [4.69, 9.17) is 0 Å². The molecule has 0 N–H and O–H groups in total. The van der Waals surface area contributed by atoms with Crippen LogP contribution in [-0.4, -0.2) is 0 Å². The molecule has 23 rings (SSSR count). The fourth-order valence-electron chi connectivity index (χ4n) is 19.6. The molecule has 19 aromatic carbocycles. The predicted molar refractivity (Wildman–Crippen MR) is 493 cm³/mol. The molecule has 0 amide bonds. The number of fused-ring (bicyclic) bond motifs is 19. The van der Waals surface area contributed by atoms with E-state index in [-0.39, 0.29) is 0 Å². The minimum absolute atomic E-state index is 0.529. The third-order valence-corrected chi connectivity index (χ3v) is 24.7. The van der Waals surface area contributed by atoms with Crippen LogP contribution in [0.15, 0.2) is 473 Å². The number of rotatable bonds is 12. The van der Waals surface area contributed by atoms with Crippen LogP contribution in [0.5, 0.6) is 0 Å². The molecule has 0 saturated heterocycles. The van der Waals surface area contributed by atoms with Gasteiger partial charge in [-0.2, -0.15) is 0 Å². The fraction of sp³-hybridized carbons (Fsp3) is 0.0175. The van der Waals surface area contributed by atoms with Gasteiger partial charge in [-0.1, -0.05) is 352 Å². The van der Waals surface area contributed by atoms with Gasteiger partial charge < -0.3 is 19.6 Å². The first-order chi connectivity index (χ1) is 58.6. The van der Waals surface area contributed by atoms with Gasteiger partial charge in [0.2, 0.25) is 0 Å². The fourth-order valence-corrected chi connectivity index (χ4v) is 19.6. The quantitative estimate of drug-likeness (QED) is 0.121. The standard InChI is InChI=1S/C59H40N2.C55H38N2/c1-3-18-45(19-4-1)60(47-36-34-42(35-37-47)41-30-32-44(33-31-41)50-24-15-17-43-16-7-8-22-49(43)50)48-38-39-52-51-23-9-10-25-53(51)59(56(52)40-48)54-26-11-13-28-57(54)61(46-20-5-2-6-21-46)58-29-14-12-27-55(58)59;1-4-16-39(17-5-1)40-28-30-41(31-29-40)42-32-34-45(35-33-42)56(43-18-6-2-7-19-43)46-36-37-48-47-22-10-11-23-49(47)55(52(48)38-46)50-24-12-14-26-53(50)57(44-20-8-3-9-21-44)54-27-15-13-25-51(54)55/h1-40H;1-38H. The zero-order chi connectivity index (χ0) is 78.1. The normalized spacial score (nSPS) is 13.0. The van der Waals surface area contributed by atoms with Crippen LogP contribution < -0.4 is 19.6 Å². The van der Waals surface area contributed by atoms with E-state index in [1.807, 2.05) is 0 Å². The first-order valence-electron chi connectivity index (χ1n) is 40.8. The lowest BCUT2D eigenvalue weighted by atomic mass is 9.64. The van der Waals surface area contributed by atoms with Gasteiger partial charge in [0.25, 0.3) is 0 Å². The molecule has 118 heavy (non-hydrogen) atoms. The van der Waals surface area contributed by atoms with Gasteiger partial charge in [0.05, 0.1) is 33.6 Å². The predicted octanol–water partition coefficient (Wildman–Crippen LogP) is 30.4. The second-order valence-electron chi connectivity index (χ2n) is 30.9. The zero-order valence-electron chi connectivity index (χ0n) is 64.8. The number of benzene rings is 19. The van der Waals surface area contributed by atoms with Crippen LogP contribution in [0.4, 0.5) is 68.2 Å². The van der Waals surface area contributed by atoms with E-state index in [1.165, 1.54) is 145 Å². The molecule has 0 bridgehead atoms. The molecule has 0 saturated carbocycles. The lowest BCUT2D eigenvalue weighted by Crippen LogP contribution is -2.36. The Balaban J connectivity index is 0.000000143. The summed E-state index contributed by atoms with van der Waals surface area (Å²) in [4.78, 5) is 9.68. The van der Waals surface area contributed by atoms with Crippen molar-refractivity contribution in [3.63, 3.8) is 0 Å². The van der Waals surface area contributed by atoms with E-state index >= 15 is 0 Å². The summed E-state index contributed by atoms with van der Waals surface area (Å²) in [5, 5.41) is 2.53. The summed E-state index contributed by atoms with van der Waals surface area (Å²) < 4.78 is 0. The van der Waals surface area contributed by atoms with Crippen LogP contribution in [0.3, 0.4) is 0 Å². The van der Waals surface area contributed by atoms with Crippen molar-refractivity contribution in [3.8, 4) is 66.8 Å². The van der Waals surface area contributed by atoms with Crippen LogP contribution >= 0.6 is 0 Å². The molecule has 0 aromatic heterocycles. The Labute approximate surface area is 689 Å². The first-order valence-corrected chi connectivity index (χ1v) is 40.8. The minimum atomic E-state index is -0.537. The van der Waals surface area contributed by atoms with Gasteiger partial charge in [0.1, 0.15) is 0 Å². The summed E-state index contributed by atoms with van der Waals surface area (Å²) in [6.07, 6.45) is 0. The number of nitrogens with zero attached hydrogens (tertiary/aromatic N) is 4. The number of hydrogen-bond acceptors (Lipinski definition) is 4. The summed E-state index contributed by atoms with van der Waals surface area (Å²) in [5.74, 6) is 0. The van der Waals surface area contributed by atoms with Crippen molar-refractivity contribution in [2.75, 3.05) is 19.6 Å². The van der Waals surface area contributed by atoms with Crippen molar-refractivity contribution in [1.29, 1.82) is 0 Å². The summed E-state index contributed by atoms with van der Waals surface area (Å²) in [6, 6.07) is 173. The minimum Gasteiger partial charge on any atom is -0.310 e. The maximum atomic E-state index is 2.47. The Morgan fingerprint density at radius 3 is 0.822 bits per heavy atom. The topological polar surface area (TPSA) is 13.0 Å². The van der Waals surface area contributed by atoms with Gasteiger partial charge in [0.15, 0.2) is 0 Å². The number of anilines is 12. The highest BCUT2D eigenvalue weighted by molar-refractivity contribution is 6.01. The molecule has 2 aliphatic carbocycles. The van der Waals surface area contributed by atoms with Crippen LogP contribution in [0.25, 0.3) is 77.5 Å². The van der Waals surface area contributed by atoms with Gasteiger partial charge >= 0.3 is 0 Å². The molecule has 2 heterocycles. The highest BCUT2D eigenvalue weighted by Crippen LogP contribution is 2.66. The second-order valence-corrected chi connectivity index (χ2v) is 30.9. The van der Waals surface area contributed by atoms with Crippen molar-refractivity contribution < 1.29 is 0 Å². The Morgan fingerprint density at radius 1 is 0.161 bits per heavy atom. The molecular formula is C114H78N4. The zero-order valence-corrected chi connectivity index (χ0v) is 64.8. The molecule has 2 spiro atoms. The maximum absolute atomic E-state index is 2.47. The first kappa shape index (κ1) is 69.4. The van der Waals surface area contributed by atoms with Crippen LogP contribution in [0.2, 0.25) is 0 Å². The van der Waals surface area contributed by atoms with Crippen molar-refractivity contribution in [3.05, 3.63) is 518 Å². The van der Waals surface area contributed by atoms with Crippen LogP contribution in [0.1, 0.15) is 44.5 Å². The summed E-state index contributed by atoms with van der Waals surface area (Å²) in [5.41, 5.74) is 37.8. The average Bonchev–Trinajstić information content (AvgIpc) is 1.18. The van der Waals surface area contributed by atoms with Gasteiger partial charge in [-0.3, -0.25) is 0 Å². The van der Waals surface area contributed by atoms with Crippen molar-refractivity contribution in [2.45, 2.75) is 10.8 Å². The smallest absolute Gasteiger partial charge is 0.0755 e. The van der Waals surface area contributed by atoms with Crippen molar-refractivity contribution in [1.82, 2.24) is 0 Å². The van der Waals surface area contributed by atoms with E-state index in [1.54, 1.807) is 0 Å². The molecule has 554 valence electrons. The maximum Gasteiger partial charge on any atom is 0.0755 e. The summed E-state index contributed by atoms with van der Waals surface area (Å²) in [7, 11) is 0. The summed E-state index contributed by atoms with van der Waals surface area (Å²) >= 11 is 0. The monoisotopic (exact) mass is 1500 g/mol. The summed E-state index contributed by atoms with van der Waals surface area (Å²) in [6.45, 7) is 0. The Bertz CT molecular complexity index is 6870. The van der Waals surface area contributed by atoms with Crippen LogP contribution in [0, 0.1) is 0 Å². The molecule has 0 radical (unpaired) electrons. The van der Waals surface area contributed by atoms with Gasteiger partial charge in [-0.15, -0.1) is 0 Å². The highest BCUT2D eigenvalue weighted by Gasteiger charge is 2.54. The van der Waals surface area contributed by atoms with Gasteiger partial charge in [-0.25, -0.2) is 0 Å². The van der Waals surface area contributed by atoms with Crippen molar-refractivity contribution in [2.24, 2.45) is 0 Å². The third kappa shape index (κ3) is 11.3. The second kappa shape index (κ2) is 28.9. The third-order valence-electron chi connectivity index (χ3n) is 24.7. The number of hydrogen-bond donors (Lipinski definition) is 0. The lowest BCUT2D eigenvalue weighted by molar-refractivity contribution is 0.752. The Hall–Kier alpha value is -15.4. The molecule has 19 aromatic rings. The molecule has 0 atom stereocenters. The van der Waals surface area contributed by atoms with E-state index in [2.05, 4.69) is 493 Å². The van der Waals surface area contributed by atoms with E-state index in [9.17, 15) is 0 Å². The largest absolute Gasteiger partial charge is 0.310 e. The van der Waals surface area contributed by atoms with E-state index in [0.717, 1.165) is 45.5 Å². The number of para-hydroxylation sites is 8. The molecule has 4 nitrogen and oxygen atoms in total. The van der Waals surface area contributed by atoms with Gasteiger partial charge in [0, 0.05) is 45.5 Å². The molecule has 0 unspecified atom stereocenters. The molecule has 0 fully saturated rings. The van der Waals surface area contributed by atoms with E-state index in [0.29, 0.717) is 0 Å². The lowest BCUT2D eigenvalue weighted by Gasteiger charge is -2.45. The van der Waals surface area contributed by atoms with Gasteiger partial charge in [-0.05, 0) is 243 Å². The Kier molecular flexibility index (Phi) is 17.0. The molecule has 2 aliphatic heterocycles. The SMILES string of the molecule is c1ccc(-c2ccc(-c3ccc(N(c4ccccc4)c4ccc5c(c4)C4(c6ccccc6-5)c5ccccc5N(c5ccccc5)c5ccccc54)cc3)cc2)cc1.c1ccc(N(c2ccc(-c3ccc(-c4cccc5ccccc45)cc3)cc2)c2ccc3c(c2)C2(c4ccccc4-3)c3ccccc3N(c3ccccc3)c3ccccc32)cc1. The molecule has 4 heteroatoms. The Morgan fingerprint density at radius 2 is 0.424 bits per heavy atom. The molecular weight excluding hydrogens is 1430 g/mol.